The number of aliphatic hydroxyl groups is 1. The highest BCUT2D eigenvalue weighted by atomic mass is 19.1. The number of furan rings is 1. The SMILES string of the molecule is CC(C)OC[C@H](O)CN(Cc1ccco1)Cc1c(-c2ccccc2)nn(C)c1Oc1cccc(F)c1. The van der Waals surface area contributed by atoms with Crippen molar-refractivity contribution in [2.45, 2.75) is 39.1 Å². The number of hydrogen-bond acceptors (Lipinski definition) is 6. The van der Waals surface area contributed by atoms with Crippen LogP contribution in [-0.4, -0.2) is 45.1 Å². The Morgan fingerprint density at radius 1 is 1.06 bits per heavy atom. The van der Waals surface area contributed by atoms with Gasteiger partial charge in [0, 0.05) is 31.8 Å². The summed E-state index contributed by atoms with van der Waals surface area (Å²) in [7, 11) is 1.80. The second-order valence-electron chi connectivity index (χ2n) is 8.97. The fourth-order valence-electron chi connectivity index (χ4n) is 3.98. The molecule has 4 aromatic rings. The Bertz CT molecular complexity index is 1230. The highest BCUT2D eigenvalue weighted by Crippen LogP contribution is 2.34. The zero-order chi connectivity index (χ0) is 25.5. The second-order valence-corrected chi connectivity index (χ2v) is 8.97. The molecular weight excluding hydrogens is 461 g/mol. The van der Waals surface area contributed by atoms with Crippen molar-refractivity contribution in [3.8, 4) is 22.9 Å². The average Bonchev–Trinajstić information content (AvgIpc) is 3.47. The lowest BCUT2D eigenvalue weighted by atomic mass is 10.1. The first-order chi connectivity index (χ1) is 17.4. The first-order valence-electron chi connectivity index (χ1n) is 12.0. The maximum atomic E-state index is 13.9. The van der Waals surface area contributed by atoms with Crippen LogP contribution >= 0.6 is 0 Å². The number of hydrogen-bond donors (Lipinski definition) is 1. The van der Waals surface area contributed by atoms with Gasteiger partial charge >= 0.3 is 0 Å². The van der Waals surface area contributed by atoms with Gasteiger partial charge in [0.05, 0.1) is 37.2 Å². The van der Waals surface area contributed by atoms with E-state index in [0.29, 0.717) is 31.3 Å². The number of halogens is 1. The molecule has 2 heterocycles. The number of aliphatic hydroxyl groups excluding tert-OH is 1. The van der Waals surface area contributed by atoms with E-state index in [9.17, 15) is 9.50 Å². The van der Waals surface area contributed by atoms with Gasteiger partial charge in [0.1, 0.15) is 23.0 Å². The standard InChI is InChI=1S/C28H32FN3O4/c1-20(2)35-19-23(33)16-32(17-25-13-8-14-34-25)18-26-27(21-9-5-4-6-10-21)30-31(3)28(26)36-24-12-7-11-22(29)15-24/h4-15,20,23,33H,16-19H2,1-3H3/t23-/m1/s1. The number of rotatable bonds is 12. The summed E-state index contributed by atoms with van der Waals surface area (Å²) in [6, 6.07) is 19.6. The van der Waals surface area contributed by atoms with E-state index in [1.807, 2.05) is 56.3 Å². The summed E-state index contributed by atoms with van der Waals surface area (Å²) >= 11 is 0. The second kappa shape index (κ2) is 12.0. The van der Waals surface area contributed by atoms with E-state index in [0.717, 1.165) is 22.6 Å². The molecule has 2 aromatic heterocycles. The molecule has 0 aliphatic rings. The summed E-state index contributed by atoms with van der Waals surface area (Å²) in [5.41, 5.74) is 2.50. The molecule has 4 rings (SSSR count). The molecule has 190 valence electrons. The minimum absolute atomic E-state index is 0.0208. The van der Waals surface area contributed by atoms with E-state index in [4.69, 9.17) is 19.0 Å². The molecule has 0 bridgehead atoms. The molecule has 1 N–H and O–H groups in total. The Balaban J connectivity index is 1.69. The normalized spacial score (nSPS) is 12.4. The van der Waals surface area contributed by atoms with Gasteiger partial charge in [-0.25, -0.2) is 9.07 Å². The average molecular weight is 494 g/mol. The summed E-state index contributed by atoms with van der Waals surface area (Å²) in [6.45, 7) is 5.31. The molecule has 36 heavy (non-hydrogen) atoms. The molecule has 7 nitrogen and oxygen atoms in total. The van der Waals surface area contributed by atoms with E-state index < -0.39 is 6.10 Å². The molecule has 8 heteroatoms. The third-order valence-corrected chi connectivity index (χ3v) is 5.58. The van der Waals surface area contributed by atoms with Crippen molar-refractivity contribution >= 4 is 0 Å². The van der Waals surface area contributed by atoms with Gasteiger partial charge in [0.25, 0.3) is 0 Å². The molecule has 2 aromatic carbocycles. The first kappa shape index (κ1) is 25.6. The zero-order valence-corrected chi connectivity index (χ0v) is 20.8. The Hall–Kier alpha value is -3.46. The third-order valence-electron chi connectivity index (χ3n) is 5.58. The molecule has 0 fully saturated rings. The van der Waals surface area contributed by atoms with Crippen molar-refractivity contribution in [1.82, 2.24) is 14.7 Å². The van der Waals surface area contributed by atoms with Gasteiger partial charge in [-0.3, -0.25) is 4.90 Å². The van der Waals surface area contributed by atoms with Crippen LogP contribution in [0.25, 0.3) is 11.3 Å². The summed E-state index contributed by atoms with van der Waals surface area (Å²) in [4.78, 5) is 2.06. The molecule has 0 aliphatic carbocycles. The van der Waals surface area contributed by atoms with Gasteiger partial charge in [-0.2, -0.15) is 5.10 Å². The lowest BCUT2D eigenvalue weighted by Gasteiger charge is -2.25. The molecule has 0 saturated carbocycles. The topological polar surface area (TPSA) is 72.9 Å². The molecule has 0 unspecified atom stereocenters. The van der Waals surface area contributed by atoms with E-state index in [2.05, 4.69) is 4.90 Å². The van der Waals surface area contributed by atoms with Gasteiger partial charge in [-0.1, -0.05) is 36.4 Å². The maximum absolute atomic E-state index is 13.9. The molecule has 0 spiro atoms. The Morgan fingerprint density at radius 3 is 2.56 bits per heavy atom. The van der Waals surface area contributed by atoms with Crippen LogP contribution in [-0.2, 0) is 24.9 Å². The predicted octanol–water partition coefficient (Wildman–Crippen LogP) is 5.40. The summed E-state index contributed by atoms with van der Waals surface area (Å²) in [5.74, 6) is 1.26. The molecular formula is C28H32FN3O4. The van der Waals surface area contributed by atoms with Crippen molar-refractivity contribution in [2.75, 3.05) is 13.2 Å². The Labute approximate surface area is 210 Å². The molecule has 0 amide bonds. The zero-order valence-electron chi connectivity index (χ0n) is 20.8. The van der Waals surface area contributed by atoms with Gasteiger partial charge in [0.15, 0.2) is 0 Å². The van der Waals surface area contributed by atoms with Crippen molar-refractivity contribution in [2.24, 2.45) is 7.05 Å². The predicted molar refractivity (Wildman–Crippen MR) is 135 cm³/mol. The number of ether oxygens (including phenoxy) is 2. The smallest absolute Gasteiger partial charge is 0.222 e. The van der Waals surface area contributed by atoms with E-state index in [-0.39, 0.29) is 18.5 Å². The fourth-order valence-corrected chi connectivity index (χ4v) is 3.98. The Kier molecular flexibility index (Phi) is 8.53. The highest BCUT2D eigenvalue weighted by Gasteiger charge is 2.24. The third kappa shape index (κ3) is 6.81. The van der Waals surface area contributed by atoms with Crippen LogP contribution in [0.3, 0.4) is 0 Å². The van der Waals surface area contributed by atoms with Crippen LogP contribution in [0.1, 0.15) is 25.2 Å². The van der Waals surface area contributed by atoms with Gasteiger partial charge in [0.2, 0.25) is 5.88 Å². The Morgan fingerprint density at radius 2 is 1.86 bits per heavy atom. The number of aromatic nitrogens is 2. The summed E-state index contributed by atoms with van der Waals surface area (Å²) in [6.07, 6.45) is 0.947. The van der Waals surface area contributed by atoms with Crippen LogP contribution < -0.4 is 4.74 Å². The van der Waals surface area contributed by atoms with E-state index in [1.54, 1.807) is 30.1 Å². The van der Waals surface area contributed by atoms with Crippen LogP contribution in [0.15, 0.2) is 77.4 Å². The molecule has 1 atom stereocenters. The largest absolute Gasteiger partial charge is 0.468 e. The van der Waals surface area contributed by atoms with Gasteiger partial charge in [-0.05, 0) is 38.1 Å². The van der Waals surface area contributed by atoms with E-state index in [1.165, 1.54) is 12.1 Å². The monoisotopic (exact) mass is 493 g/mol. The van der Waals surface area contributed by atoms with Crippen molar-refractivity contribution in [3.05, 3.63) is 90.1 Å². The van der Waals surface area contributed by atoms with E-state index >= 15 is 0 Å². The molecule has 0 aliphatic heterocycles. The van der Waals surface area contributed by atoms with Crippen LogP contribution in [0.4, 0.5) is 4.39 Å². The minimum Gasteiger partial charge on any atom is -0.468 e. The lowest BCUT2D eigenvalue weighted by Crippen LogP contribution is -2.35. The maximum Gasteiger partial charge on any atom is 0.222 e. The highest BCUT2D eigenvalue weighted by molar-refractivity contribution is 5.65. The quantitative estimate of drug-likeness (QED) is 0.285. The molecule has 0 saturated heterocycles. The number of nitrogens with zero attached hydrogens (tertiary/aromatic N) is 3. The minimum atomic E-state index is -0.702. The van der Waals surface area contributed by atoms with Crippen molar-refractivity contribution < 1.29 is 23.4 Å². The van der Waals surface area contributed by atoms with Gasteiger partial charge in [-0.15, -0.1) is 0 Å². The first-order valence-corrected chi connectivity index (χ1v) is 12.0. The number of aryl methyl sites for hydroxylation is 1. The van der Waals surface area contributed by atoms with Crippen LogP contribution in [0, 0.1) is 5.82 Å². The molecule has 0 radical (unpaired) electrons. The fraction of sp³-hybridized carbons (Fsp3) is 0.321. The van der Waals surface area contributed by atoms with Crippen LogP contribution in [0.2, 0.25) is 0 Å². The van der Waals surface area contributed by atoms with Crippen molar-refractivity contribution in [1.29, 1.82) is 0 Å². The van der Waals surface area contributed by atoms with Crippen molar-refractivity contribution in [3.63, 3.8) is 0 Å². The summed E-state index contributed by atoms with van der Waals surface area (Å²) in [5, 5.41) is 15.5. The van der Waals surface area contributed by atoms with Gasteiger partial charge < -0.3 is 19.0 Å². The van der Waals surface area contributed by atoms with Crippen LogP contribution in [0.5, 0.6) is 11.6 Å². The summed E-state index contributed by atoms with van der Waals surface area (Å²) < 4.78 is 32.9. The number of benzene rings is 2. The lowest BCUT2D eigenvalue weighted by molar-refractivity contribution is -0.0114.